The molecule has 0 unspecified atom stereocenters. The monoisotopic (exact) mass is 141 g/mol. The zero-order valence-corrected chi connectivity index (χ0v) is 5.42. The fraction of sp³-hybridized carbons (Fsp3) is 0.286. The molecule has 0 bridgehead atoms. The molecule has 0 aromatic carbocycles. The van der Waals surface area contributed by atoms with Gasteiger partial charge in [-0.25, -0.2) is 4.39 Å². The van der Waals surface area contributed by atoms with Crippen LogP contribution in [0.15, 0.2) is 18.3 Å². The molecule has 0 atom stereocenters. The van der Waals surface area contributed by atoms with Crippen molar-refractivity contribution in [2.45, 2.75) is 13.3 Å². The zero-order chi connectivity index (χ0) is 7.40. The van der Waals surface area contributed by atoms with E-state index >= 15 is 0 Å². The van der Waals surface area contributed by atoms with E-state index in [9.17, 15) is 4.39 Å². The molecule has 0 amide bonds. The summed E-state index contributed by atoms with van der Waals surface area (Å²) < 4.78 is 11.9. The summed E-state index contributed by atoms with van der Waals surface area (Å²) in [5.74, 6) is 0. The van der Waals surface area contributed by atoms with E-state index < -0.39 is 6.67 Å². The van der Waals surface area contributed by atoms with Crippen molar-refractivity contribution in [3.8, 4) is 0 Å². The molecule has 0 saturated carbocycles. The molecule has 0 aliphatic rings. The summed E-state index contributed by atoms with van der Waals surface area (Å²) >= 11 is 0. The van der Waals surface area contributed by atoms with Crippen molar-refractivity contribution >= 4 is 0 Å². The van der Waals surface area contributed by atoms with Gasteiger partial charge in [-0.2, -0.15) is 0 Å². The van der Waals surface area contributed by atoms with Crippen molar-refractivity contribution in [3.63, 3.8) is 0 Å². The average molecular weight is 141 g/mol. The Bertz CT molecular complexity index is 195. The van der Waals surface area contributed by atoms with Crippen LogP contribution >= 0.6 is 0 Å². The summed E-state index contributed by atoms with van der Waals surface area (Å²) in [4.78, 5) is 3.79. The number of alkyl halides is 1. The van der Waals surface area contributed by atoms with Gasteiger partial charge in [0.05, 0.1) is 12.3 Å². The van der Waals surface area contributed by atoms with Crippen LogP contribution in [-0.4, -0.2) is 10.1 Å². The molecular formula is C7H8FNO. The summed E-state index contributed by atoms with van der Waals surface area (Å²) in [7, 11) is 0. The van der Waals surface area contributed by atoms with Gasteiger partial charge in [0.2, 0.25) is 0 Å². The fourth-order valence-electron chi connectivity index (χ4n) is 0.698. The molecule has 0 aliphatic heterocycles. The highest BCUT2D eigenvalue weighted by atomic mass is 19.1. The van der Waals surface area contributed by atoms with Crippen molar-refractivity contribution in [2.24, 2.45) is 0 Å². The first-order valence-corrected chi connectivity index (χ1v) is 2.97. The van der Waals surface area contributed by atoms with Crippen molar-refractivity contribution in [3.05, 3.63) is 29.6 Å². The largest absolute Gasteiger partial charge is 0.390 e. The average Bonchev–Trinajstić information content (AvgIpc) is 2.05. The Morgan fingerprint density at radius 1 is 1.60 bits per heavy atom. The SMILES string of the molecule is OCc1cc(CF)ccn1. The van der Waals surface area contributed by atoms with Crippen molar-refractivity contribution in [1.29, 1.82) is 0 Å². The van der Waals surface area contributed by atoms with Gasteiger partial charge in [0.1, 0.15) is 6.67 Å². The smallest absolute Gasteiger partial charge is 0.115 e. The van der Waals surface area contributed by atoms with Crippen LogP contribution in [0.1, 0.15) is 11.3 Å². The Hall–Kier alpha value is -0.960. The molecule has 1 aromatic rings. The maximum Gasteiger partial charge on any atom is 0.115 e. The first-order valence-electron chi connectivity index (χ1n) is 2.97. The first-order chi connectivity index (χ1) is 4.86. The number of halogens is 1. The highest BCUT2D eigenvalue weighted by Crippen LogP contribution is 2.02. The molecule has 1 aromatic heterocycles. The second kappa shape index (κ2) is 3.27. The van der Waals surface area contributed by atoms with Crippen molar-refractivity contribution in [1.82, 2.24) is 4.98 Å². The minimum Gasteiger partial charge on any atom is -0.390 e. The summed E-state index contributed by atoms with van der Waals surface area (Å²) in [6.45, 7) is -0.636. The van der Waals surface area contributed by atoms with E-state index in [0.29, 0.717) is 11.3 Å². The lowest BCUT2D eigenvalue weighted by atomic mass is 10.2. The standard InChI is InChI=1S/C7H8FNO/c8-4-6-1-2-9-7(3-6)5-10/h1-3,10H,4-5H2. The summed E-state index contributed by atoms with van der Waals surface area (Å²) in [5.41, 5.74) is 1.06. The Morgan fingerprint density at radius 3 is 3.00 bits per heavy atom. The van der Waals surface area contributed by atoms with Crippen molar-refractivity contribution < 1.29 is 9.50 Å². The van der Waals surface area contributed by atoms with E-state index in [1.54, 1.807) is 12.1 Å². The Balaban J connectivity index is 2.87. The minimum atomic E-state index is -0.504. The van der Waals surface area contributed by atoms with Gasteiger partial charge >= 0.3 is 0 Å². The Kier molecular flexibility index (Phi) is 2.34. The van der Waals surface area contributed by atoms with Gasteiger partial charge < -0.3 is 5.11 Å². The molecule has 0 fully saturated rings. The van der Waals surface area contributed by atoms with E-state index in [0.717, 1.165) is 0 Å². The molecule has 1 rings (SSSR count). The number of nitrogens with zero attached hydrogens (tertiary/aromatic N) is 1. The van der Waals surface area contributed by atoms with E-state index in [1.165, 1.54) is 6.20 Å². The molecule has 2 nitrogen and oxygen atoms in total. The fourth-order valence-corrected chi connectivity index (χ4v) is 0.698. The lowest BCUT2D eigenvalue weighted by molar-refractivity contribution is 0.276. The first kappa shape index (κ1) is 7.15. The quantitative estimate of drug-likeness (QED) is 0.667. The Morgan fingerprint density at radius 2 is 2.40 bits per heavy atom. The van der Waals surface area contributed by atoms with Gasteiger partial charge in [-0.1, -0.05) is 0 Å². The van der Waals surface area contributed by atoms with Crippen LogP contribution in [0, 0.1) is 0 Å². The third kappa shape index (κ3) is 1.51. The Labute approximate surface area is 58.3 Å². The number of aliphatic hydroxyl groups excluding tert-OH is 1. The van der Waals surface area contributed by atoms with Crippen LogP contribution in [-0.2, 0) is 13.3 Å². The minimum absolute atomic E-state index is 0.131. The highest BCUT2D eigenvalue weighted by molar-refractivity contribution is 5.14. The molecule has 0 spiro atoms. The van der Waals surface area contributed by atoms with Crippen LogP contribution in [0.25, 0.3) is 0 Å². The van der Waals surface area contributed by atoms with Crippen LogP contribution in [0.4, 0.5) is 4.39 Å². The number of pyridine rings is 1. The molecule has 0 aliphatic carbocycles. The molecule has 0 radical (unpaired) electrons. The summed E-state index contributed by atoms with van der Waals surface area (Å²) in [6, 6.07) is 3.12. The number of hydrogen-bond acceptors (Lipinski definition) is 2. The van der Waals surface area contributed by atoms with Gasteiger partial charge in [-0.05, 0) is 17.7 Å². The molecule has 10 heavy (non-hydrogen) atoms. The third-order valence-electron chi connectivity index (χ3n) is 1.20. The lowest BCUT2D eigenvalue weighted by Crippen LogP contribution is -1.89. The molecule has 3 heteroatoms. The summed E-state index contributed by atoms with van der Waals surface area (Å²) in [5, 5.41) is 8.57. The molecule has 54 valence electrons. The lowest BCUT2D eigenvalue weighted by Gasteiger charge is -1.95. The van der Waals surface area contributed by atoms with Crippen LogP contribution in [0.2, 0.25) is 0 Å². The predicted octanol–water partition coefficient (Wildman–Crippen LogP) is 1.04. The van der Waals surface area contributed by atoms with E-state index in [-0.39, 0.29) is 6.61 Å². The van der Waals surface area contributed by atoms with Gasteiger partial charge in [0.15, 0.2) is 0 Å². The molecule has 1 heterocycles. The van der Waals surface area contributed by atoms with Crippen LogP contribution < -0.4 is 0 Å². The maximum absolute atomic E-state index is 11.9. The van der Waals surface area contributed by atoms with E-state index in [1.807, 2.05) is 0 Å². The number of rotatable bonds is 2. The number of hydrogen-bond donors (Lipinski definition) is 1. The van der Waals surface area contributed by atoms with E-state index in [4.69, 9.17) is 5.11 Å². The van der Waals surface area contributed by atoms with Gasteiger partial charge in [-0.15, -0.1) is 0 Å². The van der Waals surface area contributed by atoms with Crippen molar-refractivity contribution in [2.75, 3.05) is 0 Å². The van der Waals surface area contributed by atoms with Gasteiger partial charge in [-0.3, -0.25) is 4.98 Å². The van der Waals surface area contributed by atoms with Crippen LogP contribution in [0.3, 0.4) is 0 Å². The second-order valence-corrected chi connectivity index (χ2v) is 1.95. The van der Waals surface area contributed by atoms with E-state index in [2.05, 4.69) is 4.98 Å². The zero-order valence-electron chi connectivity index (χ0n) is 5.42. The van der Waals surface area contributed by atoms with Gasteiger partial charge in [0, 0.05) is 6.20 Å². The second-order valence-electron chi connectivity index (χ2n) is 1.95. The molecule has 1 N–H and O–H groups in total. The number of aromatic nitrogens is 1. The molecular weight excluding hydrogens is 133 g/mol. The predicted molar refractivity (Wildman–Crippen MR) is 35.0 cm³/mol. The topological polar surface area (TPSA) is 33.1 Å². The van der Waals surface area contributed by atoms with Crippen LogP contribution in [0.5, 0.6) is 0 Å². The molecule has 0 saturated heterocycles. The maximum atomic E-state index is 11.9. The normalized spacial score (nSPS) is 9.80. The third-order valence-corrected chi connectivity index (χ3v) is 1.20. The number of aliphatic hydroxyl groups is 1. The highest BCUT2D eigenvalue weighted by Gasteiger charge is 1.93. The van der Waals surface area contributed by atoms with Gasteiger partial charge in [0.25, 0.3) is 0 Å². The summed E-state index contributed by atoms with van der Waals surface area (Å²) in [6.07, 6.45) is 1.49.